The molecule has 0 radical (unpaired) electrons. The lowest BCUT2D eigenvalue weighted by molar-refractivity contribution is 0.0640. The summed E-state index contributed by atoms with van der Waals surface area (Å²) in [6, 6.07) is 6.33. The molecule has 2 rings (SSSR count). The predicted octanol–water partition coefficient (Wildman–Crippen LogP) is -0.265. The van der Waals surface area contributed by atoms with Crippen molar-refractivity contribution >= 4 is 9.84 Å². The summed E-state index contributed by atoms with van der Waals surface area (Å²) >= 11 is 0. The fourth-order valence-electron chi connectivity index (χ4n) is 2.23. The van der Waals surface area contributed by atoms with E-state index in [1.807, 2.05) is 0 Å². The zero-order valence-electron chi connectivity index (χ0n) is 12.2. The second kappa shape index (κ2) is 7.22. The van der Waals surface area contributed by atoms with E-state index in [4.69, 9.17) is 4.74 Å². The highest BCUT2D eigenvalue weighted by Crippen LogP contribution is 2.17. The number of ether oxygens (including phenoxy) is 1. The first-order valence-corrected chi connectivity index (χ1v) is 8.88. The Morgan fingerprint density at radius 3 is 2.76 bits per heavy atom. The number of benzene rings is 1. The zero-order chi connectivity index (χ0) is 15.3. The maximum atomic E-state index is 11.5. The quantitative estimate of drug-likeness (QED) is 0.753. The summed E-state index contributed by atoms with van der Waals surface area (Å²) in [5.74, 6) is 0.456. The fraction of sp³-hybridized carbons (Fsp3) is 0.571. The summed E-state index contributed by atoms with van der Waals surface area (Å²) in [5, 5.41) is 13.2. The molecule has 1 aromatic carbocycles. The Bertz CT molecular complexity index is 556. The van der Waals surface area contributed by atoms with Gasteiger partial charge < -0.3 is 15.2 Å². The van der Waals surface area contributed by atoms with Crippen LogP contribution in [0.15, 0.2) is 29.2 Å². The van der Waals surface area contributed by atoms with Crippen LogP contribution in [-0.2, 0) is 9.84 Å². The van der Waals surface area contributed by atoms with E-state index in [9.17, 15) is 13.5 Å². The van der Waals surface area contributed by atoms with Crippen molar-refractivity contribution in [2.45, 2.75) is 11.0 Å². The molecule has 21 heavy (non-hydrogen) atoms. The zero-order valence-corrected chi connectivity index (χ0v) is 13.0. The Hall–Kier alpha value is -1.15. The van der Waals surface area contributed by atoms with Gasteiger partial charge in [-0.15, -0.1) is 0 Å². The lowest BCUT2D eigenvalue weighted by Gasteiger charge is -2.29. The van der Waals surface area contributed by atoms with Crippen LogP contribution in [0.4, 0.5) is 0 Å². The SMILES string of the molecule is CS(=O)(=O)c1cccc(OCC(O)CN2CCNCC2)c1. The molecule has 1 unspecified atom stereocenters. The average Bonchev–Trinajstić information content (AvgIpc) is 2.46. The fourth-order valence-corrected chi connectivity index (χ4v) is 2.89. The van der Waals surface area contributed by atoms with Crippen LogP contribution in [0, 0.1) is 0 Å². The van der Waals surface area contributed by atoms with Crippen LogP contribution in [0.3, 0.4) is 0 Å². The lowest BCUT2D eigenvalue weighted by atomic mass is 10.3. The Labute approximate surface area is 125 Å². The molecule has 1 atom stereocenters. The summed E-state index contributed by atoms with van der Waals surface area (Å²) < 4.78 is 28.4. The van der Waals surface area contributed by atoms with Gasteiger partial charge in [-0.1, -0.05) is 6.07 Å². The maximum Gasteiger partial charge on any atom is 0.175 e. The van der Waals surface area contributed by atoms with Gasteiger partial charge in [0.25, 0.3) is 0 Å². The van der Waals surface area contributed by atoms with E-state index < -0.39 is 15.9 Å². The number of hydrogen-bond donors (Lipinski definition) is 2. The van der Waals surface area contributed by atoms with Gasteiger partial charge in [0.1, 0.15) is 18.5 Å². The number of rotatable bonds is 6. The molecular formula is C14H22N2O4S. The average molecular weight is 314 g/mol. The molecule has 6 nitrogen and oxygen atoms in total. The molecule has 2 N–H and O–H groups in total. The molecule has 1 aromatic rings. The van der Waals surface area contributed by atoms with Gasteiger partial charge in [0.15, 0.2) is 9.84 Å². The number of nitrogens with one attached hydrogen (secondary N) is 1. The minimum atomic E-state index is -3.24. The molecular weight excluding hydrogens is 292 g/mol. The first-order chi connectivity index (χ1) is 9.95. The predicted molar refractivity (Wildman–Crippen MR) is 80.4 cm³/mol. The normalized spacial score (nSPS) is 18.4. The number of aliphatic hydroxyl groups is 1. The topological polar surface area (TPSA) is 78.9 Å². The van der Waals surface area contributed by atoms with Crippen molar-refractivity contribution in [2.24, 2.45) is 0 Å². The number of aliphatic hydroxyl groups excluding tert-OH is 1. The molecule has 0 aromatic heterocycles. The minimum absolute atomic E-state index is 0.150. The second-order valence-corrected chi connectivity index (χ2v) is 7.28. The van der Waals surface area contributed by atoms with Crippen molar-refractivity contribution in [3.63, 3.8) is 0 Å². The van der Waals surface area contributed by atoms with Crippen LogP contribution in [-0.4, -0.2) is 70.1 Å². The van der Waals surface area contributed by atoms with Crippen LogP contribution in [0.25, 0.3) is 0 Å². The van der Waals surface area contributed by atoms with Gasteiger partial charge in [0.2, 0.25) is 0 Å². The maximum absolute atomic E-state index is 11.5. The van der Waals surface area contributed by atoms with E-state index in [0.717, 1.165) is 32.4 Å². The smallest absolute Gasteiger partial charge is 0.175 e. The summed E-state index contributed by atoms with van der Waals surface area (Å²) in [4.78, 5) is 2.40. The summed E-state index contributed by atoms with van der Waals surface area (Å²) in [5.41, 5.74) is 0. The molecule has 0 amide bonds. The number of β-amino-alcohol motifs (C(OH)–C–C–N with tert-alkyl or cyclic N) is 1. The van der Waals surface area contributed by atoms with Gasteiger partial charge in [0, 0.05) is 39.0 Å². The van der Waals surface area contributed by atoms with Crippen molar-refractivity contribution < 1.29 is 18.3 Å². The van der Waals surface area contributed by atoms with E-state index >= 15 is 0 Å². The Kier molecular flexibility index (Phi) is 5.58. The standard InChI is InChI=1S/C14H22N2O4S/c1-21(18,19)14-4-2-3-13(9-14)20-11-12(17)10-16-7-5-15-6-8-16/h2-4,9,12,15,17H,5-8,10-11H2,1H3. The van der Waals surface area contributed by atoms with Crippen LogP contribution in [0.2, 0.25) is 0 Å². The van der Waals surface area contributed by atoms with E-state index in [1.165, 1.54) is 12.1 Å². The van der Waals surface area contributed by atoms with Crippen molar-refractivity contribution in [2.75, 3.05) is 45.6 Å². The molecule has 0 bridgehead atoms. The van der Waals surface area contributed by atoms with Crippen molar-refractivity contribution in [3.8, 4) is 5.75 Å². The lowest BCUT2D eigenvalue weighted by Crippen LogP contribution is -2.47. The minimum Gasteiger partial charge on any atom is -0.491 e. The van der Waals surface area contributed by atoms with Gasteiger partial charge in [-0.05, 0) is 18.2 Å². The largest absolute Gasteiger partial charge is 0.491 e. The van der Waals surface area contributed by atoms with Gasteiger partial charge in [-0.2, -0.15) is 0 Å². The Morgan fingerprint density at radius 2 is 2.10 bits per heavy atom. The van der Waals surface area contributed by atoms with E-state index in [1.54, 1.807) is 12.1 Å². The molecule has 0 aliphatic carbocycles. The highest BCUT2D eigenvalue weighted by atomic mass is 32.2. The van der Waals surface area contributed by atoms with Gasteiger partial charge in [0.05, 0.1) is 4.90 Å². The summed E-state index contributed by atoms with van der Waals surface area (Å²) in [7, 11) is -3.24. The number of piperazine rings is 1. The first kappa shape index (κ1) is 16.2. The van der Waals surface area contributed by atoms with Crippen LogP contribution in [0.5, 0.6) is 5.75 Å². The Balaban J connectivity index is 1.84. The number of nitrogens with zero attached hydrogens (tertiary/aromatic N) is 1. The second-order valence-electron chi connectivity index (χ2n) is 5.26. The van der Waals surface area contributed by atoms with Gasteiger partial charge in [-0.25, -0.2) is 8.42 Å². The molecule has 118 valence electrons. The molecule has 1 fully saturated rings. The molecule has 1 heterocycles. The molecule has 1 saturated heterocycles. The molecule has 0 spiro atoms. The number of hydrogen-bond acceptors (Lipinski definition) is 6. The number of sulfone groups is 1. The first-order valence-electron chi connectivity index (χ1n) is 6.99. The molecule has 1 aliphatic heterocycles. The van der Waals surface area contributed by atoms with Crippen molar-refractivity contribution in [1.82, 2.24) is 10.2 Å². The molecule has 7 heteroatoms. The highest BCUT2D eigenvalue weighted by Gasteiger charge is 2.15. The highest BCUT2D eigenvalue weighted by molar-refractivity contribution is 7.90. The Morgan fingerprint density at radius 1 is 1.38 bits per heavy atom. The van der Waals surface area contributed by atoms with Crippen LogP contribution in [0.1, 0.15) is 0 Å². The summed E-state index contributed by atoms with van der Waals surface area (Å²) in [6.45, 7) is 4.42. The monoisotopic (exact) mass is 314 g/mol. The van der Waals surface area contributed by atoms with Crippen LogP contribution >= 0.6 is 0 Å². The molecule has 0 saturated carbocycles. The summed E-state index contributed by atoms with van der Waals surface area (Å²) in [6.07, 6.45) is 0.565. The van der Waals surface area contributed by atoms with E-state index in [-0.39, 0.29) is 11.5 Å². The van der Waals surface area contributed by atoms with Crippen molar-refractivity contribution in [1.29, 1.82) is 0 Å². The van der Waals surface area contributed by atoms with Gasteiger partial charge >= 0.3 is 0 Å². The third-order valence-electron chi connectivity index (χ3n) is 3.35. The molecule has 1 aliphatic rings. The third-order valence-corrected chi connectivity index (χ3v) is 4.46. The van der Waals surface area contributed by atoms with E-state index in [0.29, 0.717) is 12.3 Å². The van der Waals surface area contributed by atoms with Crippen LogP contribution < -0.4 is 10.1 Å². The third kappa shape index (κ3) is 5.28. The van der Waals surface area contributed by atoms with E-state index in [2.05, 4.69) is 10.2 Å². The van der Waals surface area contributed by atoms with Crippen molar-refractivity contribution in [3.05, 3.63) is 24.3 Å². The van der Waals surface area contributed by atoms with Gasteiger partial charge in [-0.3, -0.25) is 4.90 Å².